The van der Waals surface area contributed by atoms with E-state index in [1.165, 1.54) is 19.3 Å². The fourth-order valence-electron chi connectivity index (χ4n) is 4.97. The van der Waals surface area contributed by atoms with Crippen LogP contribution in [0.1, 0.15) is 63.1 Å². The SMILES string of the molecule is Cc1cc(=O)n(C(C)C)cc1-c1ccc2c(c1)COC1(CCN(C3CCC3)CC1)O2. The Morgan fingerprint density at radius 3 is 2.57 bits per heavy atom. The van der Waals surface area contributed by atoms with Gasteiger partial charge in [0, 0.05) is 61.4 Å². The van der Waals surface area contributed by atoms with Gasteiger partial charge in [-0.25, -0.2) is 0 Å². The van der Waals surface area contributed by atoms with Crippen molar-refractivity contribution in [2.24, 2.45) is 0 Å². The number of ether oxygens (including phenoxy) is 2. The minimum atomic E-state index is -0.463. The van der Waals surface area contributed by atoms with Gasteiger partial charge in [0.1, 0.15) is 5.75 Å². The van der Waals surface area contributed by atoms with Gasteiger partial charge < -0.3 is 14.0 Å². The largest absolute Gasteiger partial charge is 0.462 e. The van der Waals surface area contributed by atoms with Crippen molar-refractivity contribution >= 4 is 0 Å². The van der Waals surface area contributed by atoms with Crippen LogP contribution in [0.25, 0.3) is 11.1 Å². The highest BCUT2D eigenvalue weighted by Crippen LogP contribution is 2.40. The number of fused-ring (bicyclic) bond motifs is 1. The van der Waals surface area contributed by atoms with Crippen LogP contribution < -0.4 is 10.3 Å². The van der Waals surface area contributed by atoms with Crippen molar-refractivity contribution in [2.45, 2.75) is 77.4 Å². The highest BCUT2D eigenvalue weighted by atomic mass is 16.7. The molecular weight excluding hydrogens is 376 g/mol. The molecule has 0 N–H and O–H groups in total. The van der Waals surface area contributed by atoms with Crippen LogP contribution in [0, 0.1) is 6.92 Å². The summed E-state index contributed by atoms with van der Waals surface area (Å²) in [6, 6.07) is 9.00. The number of hydrogen-bond acceptors (Lipinski definition) is 4. The Morgan fingerprint density at radius 2 is 1.90 bits per heavy atom. The van der Waals surface area contributed by atoms with Crippen LogP contribution in [0.4, 0.5) is 0 Å². The lowest BCUT2D eigenvalue weighted by molar-refractivity contribution is -0.231. The lowest BCUT2D eigenvalue weighted by atomic mass is 9.89. The molecule has 1 aromatic heterocycles. The van der Waals surface area contributed by atoms with Crippen LogP contribution in [0.2, 0.25) is 0 Å². The number of aryl methyl sites for hydroxylation is 1. The maximum atomic E-state index is 12.3. The van der Waals surface area contributed by atoms with Crippen LogP contribution >= 0.6 is 0 Å². The first-order valence-electron chi connectivity index (χ1n) is 11.4. The van der Waals surface area contributed by atoms with E-state index in [2.05, 4.69) is 23.1 Å². The summed E-state index contributed by atoms with van der Waals surface area (Å²) in [7, 11) is 0. The van der Waals surface area contributed by atoms with Gasteiger partial charge in [-0.2, -0.15) is 0 Å². The maximum absolute atomic E-state index is 12.3. The number of hydrogen-bond donors (Lipinski definition) is 0. The molecule has 0 atom stereocenters. The Balaban J connectivity index is 1.37. The molecule has 3 heterocycles. The number of benzene rings is 1. The van der Waals surface area contributed by atoms with Gasteiger partial charge in [0.05, 0.1) is 6.61 Å². The second kappa shape index (κ2) is 7.54. The third-order valence-corrected chi connectivity index (χ3v) is 7.15. The Morgan fingerprint density at radius 1 is 1.13 bits per heavy atom. The van der Waals surface area contributed by atoms with Crippen molar-refractivity contribution in [2.75, 3.05) is 13.1 Å². The zero-order valence-corrected chi connectivity index (χ0v) is 18.3. The van der Waals surface area contributed by atoms with E-state index in [-0.39, 0.29) is 11.6 Å². The van der Waals surface area contributed by atoms with Crippen LogP contribution in [0.3, 0.4) is 0 Å². The molecule has 0 radical (unpaired) electrons. The zero-order chi connectivity index (χ0) is 20.9. The van der Waals surface area contributed by atoms with E-state index in [1.54, 1.807) is 10.6 Å². The van der Waals surface area contributed by atoms with Gasteiger partial charge in [-0.05, 0) is 56.9 Å². The fraction of sp³-hybridized carbons (Fsp3) is 0.560. The monoisotopic (exact) mass is 408 g/mol. The molecule has 0 bridgehead atoms. The van der Waals surface area contributed by atoms with Crippen LogP contribution in [-0.2, 0) is 11.3 Å². The average molecular weight is 409 g/mol. The van der Waals surface area contributed by atoms with Crippen molar-refractivity contribution < 1.29 is 9.47 Å². The molecule has 2 aliphatic heterocycles. The quantitative estimate of drug-likeness (QED) is 0.741. The van der Waals surface area contributed by atoms with E-state index in [1.807, 2.05) is 27.0 Å². The van der Waals surface area contributed by atoms with Crippen molar-refractivity contribution in [3.63, 3.8) is 0 Å². The second-order valence-corrected chi connectivity index (χ2v) is 9.45. The molecule has 1 aliphatic carbocycles. The molecule has 1 saturated carbocycles. The molecule has 1 spiro atoms. The molecule has 5 rings (SSSR count). The maximum Gasteiger partial charge on any atom is 0.251 e. The molecule has 0 amide bonds. The smallest absolute Gasteiger partial charge is 0.251 e. The molecule has 160 valence electrons. The number of piperidine rings is 1. The van der Waals surface area contributed by atoms with Gasteiger partial charge in [0.15, 0.2) is 0 Å². The highest BCUT2D eigenvalue weighted by molar-refractivity contribution is 5.68. The number of pyridine rings is 1. The van der Waals surface area contributed by atoms with E-state index in [9.17, 15) is 4.79 Å². The van der Waals surface area contributed by atoms with Crippen LogP contribution in [0.5, 0.6) is 5.75 Å². The van der Waals surface area contributed by atoms with Gasteiger partial charge >= 0.3 is 0 Å². The van der Waals surface area contributed by atoms with Gasteiger partial charge in [-0.3, -0.25) is 9.69 Å². The first-order valence-corrected chi connectivity index (χ1v) is 11.4. The third kappa shape index (κ3) is 3.48. The molecular formula is C25H32N2O3. The Bertz CT molecular complexity index is 998. The number of aromatic nitrogens is 1. The van der Waals surface area contributed by atoms with Crippen molar-refractivity contribution in [3.05, 3.63) is 51.9 Å². The third-order valence-electron chi connectivity index (χ3n) is 7.15. The highest BCUT2D eigenvalue weighted by Gasteiger charge is 2.42. The first-order chi connectivity index (χ1) is 14.4. The summed E-state index contributed by atoms with van der Waals surface area (Å²) in [6.07, 6.45) is 7.93. The lowest BCUT2D eigenvalue weighted by Crippen LogP contribution is -2.54. The summed E-state index contributed by atoms with van der Waals surface area (Å²) in [5.74, 6) is 0.479. The minimum absolute atomic E-state index is 0.0473. The molecule has 3 aliphatic rings. The van der Waals surface area contributed by atoms with E-state index in [0.29, 0.717) is 6.61 Å². The molecule has 2 fully saturated rings. The predicted octanol–water partition coefficient (Wildman–Crippen LogP) is 4.66. The predicted molar refractivity (Wildman–Crippen MR) is 118 cm³/mol. The molecule has 0 unspecified atom stereocenters. The Kier molecular flexibility index (Phi) is 4.98. The summed E-state index contributed by atoms with van der Waals surface area (Å²) in [4.78, 5) is 14.9. The lowest BCUT2D eigenvalue weighted by Gasteiger charge is -2.47. The van der Waals surface area contributed by atoms with Gasteiger partial charge in [-0.1, -0.05) is 12.5 Å². The van der Waals surface area contributed by atoms with Crippen LogP contribution in [-0.4, -0.2) is 34.4 Å². The van der Waals surface area contributed by atoms with Crippen molar-refractivity contribution in [1.82, 2.24) is 9.47 Å². The second-order valence-electron chi connectivity index (χ2n) is 9.45. The topological polar surface area (TPSA) is 43.7 Å². The van der Waals surface area contributed by atoms with Gasteiger partial charge in [-0.15, -0.1) is 0 Å². The minimum Gasteiger partial charge on any atom is -0.462 e. The molecule has 1 aromatic carbocycles. The summed E-state index contributed by atoms with van der Waals surface area (Å²) in [5.41, 5.74) is 4.31. The zero-order valence-electron chi connectivity index (χ0n) is 18.3. The molecule has 5 heteroatoms. The molecule has 2 aromatic rings. The van der Waals surface area contributed by atoms with E-state index >= 15 is 0 Å². The normalized spacial score (nSPS) is 21.3. The Labute approximate surface area is 178 Å². The van der Waals surface area contributed by atoms with Crippen LogP contribution in [0.15, 0.2) is 35.3 Å². The summed E-state index contributed by atoms with van der Waals surface area (Å²) in [6.45, 7) is 8.77. The standard InChI is InChI=1S/C25H32N2O3/c1-17(2)27-15-22(18(3)13-24(27)28)19-7-8-23-20(14-19)16-29-25(30-23)9-11-26(12-10-25)21-5-4-6-21/h7-8,13-15,17,21H,4-6,9-12,16H2,1-3H3. The number of likely N-dealkylation sites (tertiary alicyclic amines) is 1. The number of rotatable bonds is 3. The molecule has 30 heavy (non-hydrogen) atoms. The average Bonchev–Trinajstić information content (AvgIpc) is 2.68. The summed E-state index contributed by atoms with van der Waals surface area (Å²) >= 11 is 0. The molecule has 1 saturated heterocycles. The van der Waals surface area contributed by atoms with Gasteiger partial charge in [0.2, 0.25) is 5.79 Å². The van der Waals surface area contributed by atoms with E-state index in [4.69, 9.17) is 9.47 Å². The molecule has 5 nitrogen and oxygen atoms in total. The Hall–Kier alpha value is -2.11. The van der Waals surface area contributed by atoms with E-state index < -0.39 is 5.79 Å². The van der Waals surface area contributed by atoms with Gasteiger partial charge in [0.25, 0.3) is 5.56 Å². The first kappa shape index (κ1) is 19.8. The van der Waals surface area contributed by atoms with Crippen molar-refractivity contribution in [3.8, 4) is 16.9 Å². The van der Waals surface area contributed by atoms with E-state index in [0.717, 1.165) is 60.0 Å². The number of nitrogens with zero attached hydrogens (tertiary/aromatic N) is 2. The fourth-order valence-corrected chi connectivity index (χ4v) is 4.97. The van der Waals surface area contributed by atoms with Crippen molar-refractivity contribution in [1.29, 1.82) is 0 Å². The summed E-state index contributed by atoms with van der Waals surface area (Å²) in [5, 5.41) is 0. The summed E-state index contributed by atoms with van der Waals surface area (Å²) < 4.78 is 14.5.